The fourth-order valence-electron chi connectivity index (χ4n) is 3.21. The molecule has 2 heterocycles. The Balaban J connectivity index is 1.76. The highest BCUT2D eigenvalue weighted by molar-refractivity contribution is 7.99. The molecule has 0 saturated carbocycles. The lowest BCUT2D eigenvalue weighted by atomic mass is 9.80. The molecule has 1 unspecified atom stereocenters. The van der Waals surface area contributed by atoms with Crippen molar-refractivity contribution in [3.05, 3.63) is 0 Å². The van der Waals surface area contributed by atoms with Gasteiger partial charge in [0.25, 0.3) is 0 Å². The van der Waals surface area contributed by atoms with Crippen molar-refractivity contribution in [1.82, 2.24) is 4.90 Å². The smallest absolute Gasteiger partial charge is 0.0599 e. The zero-order chi connectivity index (χ0) is 13.7. The van der Waals surface area contributed by atoms with E-state index in [1.165, 1.54) is 43.9 Å². The zero-order valence-electron chi connectivity index (χ0n) is 12.6. The quantitative estimate of drug-likeness (QED) is 0.787. The van der Waals surface area contributed by atoms with E-state index in [1.807, 2.05) is 0 Å². The molecule has 2 fully saturated rings. The Morgan fingerprint density at radius 3 is 2.68 bits per heavy atom. The van der Waals surface area contributed by atoms with Crippen molar-refractivity contribution in [3.8, 4) is 0 Å². The lowest BCUT2D eigenvalue weighted by Gasteiger charge is -2.47. The van der Waals surface area contributed by atoms with E-state index in [9.17, 15) is 0 Å². The summed E-state index contributed by atoms with van der Waals surface area (Å²) in [4.78, 5) is 2.72. The van der Waals surface area contributed by atoms with Gasteiger partial charge >= 0.3 is 0 Å². The maximum Gasteiger partial charge on any atom is 0.0599 e. The second kappa shape index (κ2) is 7.30. The number of piperidine rings is 1. The first-order chi connectivity index (χ1) is 9.13. The minimum Gasteiger partial charge on any atom is -0.378 e. The van der Waals surface area contributed by atoms with Crippen LogP contribution < -0.4 is 5.73 Å². The molecule has 19 heavy (non-hydrogen) atoms. The minimum absolute atomic E-state index is 0.474. The van der Waals surface area contributed by atoms with Crippen LogP contribution >= 0.6 is 11.8 Å². The number of rotatable bonds is 5. The monoisotopic (exact) mass is 286 g/mol. The summed E-state index contributed by atoms with van der Waals surface area (Å²) < 4.78 is 5.90. The summed E-state index contributed by atoms with van der Waals surface area (Å²) in [5.41, 5.74) is 5.99. The number of hydrogen-bond donors (Lipinski definition) is 1. The third-order valence-electron chi connectivity index (χ3n) is 4.69. The predicted molar refractivity (Wildman–Crippen MR) is 83.7 cm³/mol. The molecular weight excluding hydrogens is 256 g/mol. The highest BCUT2D eigenvalue weighted by atomic mass is 32.2. The van der Waals surface area contributed by atoms with E-state index in [0.29, 0.717) is 11.5 Å². The van der Waals surface area contributed by atoms with Gasteiger partial charge in [-0.1, -0.05) is 13.8 Å². The molecule has 1 atom stereocenters. The van der Waals surface area contributed by atoms with E-state index >= 15 is 0 Å². The van der Waals surface area contributed by atoms with Crippen LogP contribution in [0, 0.1) is 5.41 Å². The predicted octanol–water partition coefficient (Wildman–Crippen LogP) is 2.35. The number of hydrogen-bond acceptors (Lipinski definition) is 4. The number of thioether (sulfide) groups is 1. The average molecular weight is 286 g/mol. The summed E-state index contributed by atoms with van der Waals surface area (Å²) in [7, 11) is 0. The normalized spacial score (nSPS) is 29.5. The first kappa shape index (κ1) is 15.6. The summed E-state index contributed by atoms with van der Waals surface area (Å²) in [6.07, 6.45) is 5.22. The largest absolute Gasteiger partial charge is 0.378 e. The van der Waals surface area contributed by atoms with Gasteiger partial charge in [0, 0.05) is 31.5 Å². The van der Waals surface area contributed by atoms with Gasteiger partial charge in [-0.3, -0.25) is 4.90 Å². The second-order valence-corrected chi connectivity index (χ2v) is 7.73. The maximum atomic E-state index is 5.90. The summed E-state index contributed by atoms with van der Waals surface area (Å²) >= 11 is 2.13. The van der Waals surface area contributed by atoms with Gasteiger partial charge in [0.1, 0.15) is 0 Å². The molecule has 0 aromatic carbocycles. The SMILES string of the molecule is CC1(C)CCSCC1N1CCC(OCCCN)CC1. The van der Waals surface area contributed by atoms with Crippen molar-refractivity contribution in [2.75, 3.05) is 37.7 Å². The van der Waals surface area contributed by atoms with E-state index in [0.717, 1.165) is 25.6 Å². The van der Waals surface area contributed by atoms with E-state index < -0.39 is 0 Å². The van der Waals surface area contributed by atoms with Crippen molar-refractivity contribution in [1.29, 1.82) is 0 Å². The maximum absolute atomic E-state index is 5.90. The first-order valence-corrected chi connectivity index (χ1v) is 8.92. The molecular formula is C15H30N2OS. The molecule has 0 aromatic rings. The molecule has 0 aliphatic carbocycles. The standard InChI is InChI=1S/C15H30N2OS/c1-15(2)6-11-19-12-14(15)17-8-4-13(5-9-17)18-10-3-7-16/h13-14H,3-12,16H2,1-2H3. The van der Waals surface area contributed by atoms with Crippen LogP contribution in [0.25, 0.3) is 0 Å². The van der Waals surface area contributed by atoms with Gasteiger partial charge < -0.3 is 10.5 Å². The van der Waals surface area contributed by atoms with Crippen molar-refractivity contribution in [2.45, 2.75) is 51.7 Å². The molecule has 2 N–H and O–H groups in total. The zero-order valence-corrected chi connectivity index (χ0v) is 13.4. The Morgan fingerprint density at radius 1 is 1.32 bits per heavy atom. The van der Waals surface area contributed by atoms with Crippen molar-refractivity contribution < 1.29 is 4.74 Å². The van der Waals surface area contributed by atoms with Crippen LogP contribution in [0.2, 0.25) is 0 Å². The van der Waals surface area contributed by atoms with Crippen molar-refractivity contribution in [3.63, 3.8) is 0 Å². The fourth-order valence-corrected chi connectivity index (χ4v) is 4.93. The van der Waals surface area contributed by atoms with Crippen LogP contribution in [-0.2, 0) is 4.74 Å². The molecule has 0 bridgehead atoms. The van der Waals surface area contributed by atoms with Crippen molar-refractivity contribution >= 4 is 11.8 Å². The molecule has 2 aliphatic rings. The third kappa shape index (κ3) is 4.35. The van der Waals surface area contributed by atoms with Crippen LogP contribution in [-0.4, -0.2) is 54.8 Å². The summed E-state index contributed by atoms with van der Waals surface area (Å²) in [6, 6.07) is 0.760. The molecule has 2 aliphatic heterocycles. The van der Waals surface area contributed by atoms with E-state index in [2.05, 4.69) is 30.5 Å². The van der Waals surface area contributed by atoms with E-state index in [1.54, 1.807) is 0 Å². The van der Waals surface area contributed by atoms with Crippen molar-refractivity contribution in [2.24, 2.45) is 11.1 Å². The van der Waals surface area contributed by atoms with Gasteiger partial charge in [-0.05, 0) is 43.4 Å². The summed E-state index contributed by atoms with van der Waals surface area (Å²) in [5.74, 6) is 2.65. The Morgan fingerprint density at radius 2 is 2.05 bits per heavy atom. The highest BCUT2D eigenvalue weighted by Crippen LogP contribution is 2.38. The molecule has 112 valence electrons. The Kier molecular flexibility index (Phi) is 6.00. The third-order valence-corrected chi connectivity index (χ3v) is 5.73. The van der Waals surface area contributed by atoms with E-state index in [4.69, 9.17) is 10.5 Å². The minimum atomic E-state index is 0.474. The molecule has 2 rings (SSSR count). The van der Waals surface area contributed by atoms with Crippen LogP contribution in [0.1, 0.15) is 39.5 Å². The molecule has 0 radical (unpaired) electrons. The fraction of sp³-hybridized carbons (Fsp3) is 1.00. The van der Waals surface area contributed by atoms with Gasteiger partial charge in [-0.2, -0.15) is 11.8 Å². The molecule has 4 heteroatoms. The van der Waals surface area contributed by atoms with Crippen LogP contribution in [0.3, 0.4) is 0 Å². The van der Waals surface area contributed by atoms with Gasteiger partial charge in [-0.25, -0.2) is 0 Å². The van der Waals surface area contributed by atoms with Gasteiger partial charge in [0.2, 0.25) is 0 Å². The lowest BCUT2D eigenvalue weighted by molar-refractivity contribution is -0.0157. The molecule has 3 nitrogen and oxygen atoms in total. The summed E-state index contributed by atoms with van der Waals surface area (Å²) in [5, 5.41) is 0. The summed E-state index contributed by atoms with van der Waals surface area (Å²) in [6.45, 7) is 8.89. The highest BCUT2D eigenvalue weighted by Gasteiger charge is 2.37. The Hall–Kier alpha value is 0.230. The Bertz CT molecular complexity index is 265. The topological polar surface area (TPSA) is 38.5 Å². The Labute approximate surface area is 122 Å². The van der Waals surface area contributed by atoms with Crippen LogP contribution in [0.15, 0.2) is 0 Å². The number of nitrogens with two attached hydrogens (primary N) is 1. The van der Waals surface area contributed by atoms with Crippen LogP contribution in [0.4, 0.5) is 0 Å². The molecule has 0 amide bonds. The molecule has 0 spiro atoms. The average Bonchev–Trinajstić information content (AvgIpc) is 2.40. The number of likely N-dealkylation sites (tertiary alicyclic amines) is 1. The molecule has 2 saturated heterocycles. The number of nitrogens with zero attached hydrogens (tertiary/aromatic N) is 1. The van der Waals surface area contributed by atoms with Gasteiger partial charge in [-0.15, -0.1) is 0 Å². The van der Waals surface area contributed by atoms with Gasteiger partial charge in [0.05, 0.1) is 6.10 Å². The first-order valence-electron chi connectivity index (χ1n) is 7.77. The van der Waals surface area contributed by atoms with Gasteiger partial charge in [0.15, 0.2) is 0 Å². The lowest BCUT2D eigenvalue weighted by Crippen LogP contribution is -2.52. The number of ether oxygens (including phenoxy) is 1. The van der Waals surface area contributed by atoms with Crippen LogP contribution in [0.5, 0.6) is 0 Å². The molecule has 0 aromatic heterocycles. The second-order valence-electron chi connectivity index (χ2n) is 6.58. The van der Waals surface area contributed by atoms with E-state index in [-0.39, 0.29) is 0 Å².